The van der Waals surface area contributed by atoms with Gasteiger partial charge in [0.15, 0.2) is 5.54 Å². The van der Waals surface area contributed by atoms with Crippen LogP contribution in [0.1, 0.15) is 12.5 Å². The van der Waals surface area contributed by atoms with Gasteiger partial charge in [-0.05, 0) is 31.5 Å². The first kappa shape index (κ1) is 17.4. The lowest BCUT2D eigenvalue weighted by molar-refractivity contribution is -0.184. The summed E-state index contributed by atoms with van der Waals surface area (Å²) in [7, 11) is -4.06. The Balaban J connectivity index is 3.14. The molecule has 0 bridgehead atoms. The number of primary sulfonamides is 1. The van der Waals surface area contributed by atoms with Gasteiger partial charge in [-0.3, -0.25) is 4.79 Å². The van der Waals surface area contributed by atoms with Crippen molar-refractivity contribution in [3.63, 3.8) is 0 Å². The van der Waals surface area contributed by atoms with Gasteiger partial charge in [-0.15, -0.1) is 0 Å². The Bertz CT molecular complexity index is 669. The highest BCUT2D eigenvalue weighted by Crippen LogP contribution is 2.29. The number of carbonyl (C=O) groups is 1. The molecular formula is C11H14F3N3O3S. The van der Waals surface area contributed by atoms with Gasteiger partial charge in [-0.25, -0.2) is 13.6 Å². The summed E-state index contributed by atoms with van der Waals surface area (Å²) in [6.07, 6.45) is -4.95. The number of halogens is 3. The van der Waals surface area contributed by atoms with Gasteiger partial charge in [0.25, 0.3) is 5.91 Å². The normalized spacial score (nSPS) is 15.4. The van der Waals surface area contributed by atoms with Crippen molar-refractivity contribution in [3.8, 4) is 0 Å². The third-order valence-electron chi connectivity index (χ3n) is 2.81. The summed E-state index contributed by atoms with van der Waals surface area (Å²) < 4.78 is 60.5. The van der Waals surface area contributed by atoms with Gasteiger partial charge in [0, 0.05) is 5.69 Å². The van der Waals surface area contributed by atoms with Crippen molar-refractivity contribution in [2.24, 2.45) is 10.9 Å². The summed E-state index contributed by atoms with van der Waals surface area (Å²) >= 11 is 0. The van der Waals surface area contributed by atoms with Gasteiger partial charge in [0.2, 0.25) is 10.0 Å². The monoisotopic (exact) mass is 325 g/mol. The van der Waals surface area contributed by atoms with E-state index in [4.69, 9.17) is 10.9 Å². The molecule has 1 aromatic carbocycles. The minimum atomic E-state index is -4.95. The maximum absolute atomic E-state index is 12.6. The molecule has 0 aromatic heterocycles. The molecular weight excluding hydrogens is 311 g/mol. The third kappa shape index (κ3) is 3.71. The van der Waals surface area contributed by atoms with Crippen LogP contribution in [0, 0.1) is 6.92 Å². The molecule has 10 heteroatoms. The van der Waals surface area contributed by atoms with Crippen LogP contribution in [0.15, 0.2) is 23.1 Å². The number of hydrogen-bond acceptors (Lipinski definition) is 4. The Morgan fingerprint density at radius 3 is 2.24 bits per heavy atom. The minimum Gasteiger partial charge on any atom is -0.324 e. The maximum atomic E-state index is 12.6. The van der Waals surface area contributed by atoms with Crippen LogP contribution in [0.3, 0.4) is 0 Å². The van der Waals surface area contributed by atoms with Crippen molar-refractivity contribution in [1.82, 2.24) is 0 Å². The van der Waals surface area contributed by atoms with Gasteiger partial charge in [-0.2, -0.15) is 13.2 Å². The number of anilines is 1. The molecule has 1 unspecified atom stereocenters. The second-order valence-electron chi connectivity index (χ2n) is 4.68. The van der Waals surface area contributed by atoms with Crippen molar-refractivity contribution < 1.29 is 26.4 Å². The molecule has 118 valence electrons. The molecule has 0 aliphatic carbocycles. The van der Waals surface area contributed by atoms with Crippen LogP contribution < -0.4 is 16.2 Å². The van der Waals surface area contributed by atoms with Crippen molar-refractivity contribution in [3.05, 3.63) is 23.8 Å². The van der Waals surface area contributed by atoms with Crippen molar-refractivity contribution in [2.45, 2.75) is 30.5 Å². The lowest BCUT2D eigenvalue weighted by Crippen LogP contribution is -2.59. The van der Waals surface area contributed by atoms with Gasteiger partial charge >= 0.3 is 6.18 Å². The van der Waals surface area contributed by atoms with E-state index in [9.17, 15) is 26.4 Å². The number of aryl methyl sites for hydroxylation is 1. The van der Waals surface area contributed by atoms with Crippen LogP contribution >= 0.6 is 0 Å². The SMILES string of the molecule is Cc1ccc(NC(=O)C(C)(N)C(F)(F)F)cc1S(N)(=O)=O. The van der Waals surface area contributed by atoms with Crippen molar-refractivity contribution in [2.75, 3.05) is 5.32 Å². The van der Waals surface area contributed by atoms with E-state index in [0.29, 0.717) is 12.5 Å². The number of sulfonamides is 1. The van der Waals surface area contributed by atoms with Crippen LogP contribution in [0.2, 0.25) is 0 Å². The molecule has 0 saturated heterocycles. The second-order valence-corrected chi connectivity index (χ2v) is 6.21. The molecule has 21 heavy (non-hydrogen) atoms. The Labute approximate surface area is 119 Å². The summed E-state index contributed by atoms with van der Waals surface area (Å²) in [6.45, 7) is 1.96. The van der Waals surface area contributed by atoms with Crippen LogP contribution in [0.25, 0.3) is 0 Å². The highest BCUT2D eigenvalue weighted by molar-refractivity contribution is 7.89. The topological polar surface area (TPSA) is 115 Å². The third-order valence-corrected chi connectivity index (χ3v) is 3.87. The molecule has 0 spiro atoms. The van der Waals surface area contributed by atoms with Crippen LogP contribution in [0.4, 0.5) is 18.9 Å². The molecule has 5 N–H and O–H groups in total. The number of alkyl halides is 3. The van der Waals surface area contributed by atoms with Gasteiger partial charge in [0.1, 0.15) is 0 Å². The smallest absolute Gasteiger partial charge is 0.324 e. The number of benzene rings is 1. The molecule has 1 rings (SSSR count). The quantitative estimate of drug-likeness (QED) is 0.764. The van der Waals surface area contributed by atoms with E-state index in [1.54, 1.807) is 0 Å². The van der Waals surface area contributed by atoms with E-state index in [1.807, 2.05) is 5.32 Å². The van der Waals surface area contributed by atoms with Gasteiger partial charge in [0.05, 0.1) is 4.90 Å². The van der Waals surface area contributed by atoms with Crippen LogP contribution in [0.5, 0.6) is 0 Å². The molecule has 1 aromatic rings. The van der Waals surface area contributed by atoms with E-state index in [-0.39, 0.29) is 10.6 Å². The zero-order chi connectivity index (χ0) is 16.6. The van der Waals surface area contributed by atoms with Crippen LogP contribution in [-0.2, 0) is 14.8 Å². The van der Waals surface area contributed by atoms with Gasteiger partial charge < -0.3 is 11.1 Å². The lowest BCUT2D eigenvalue weighted by atomic mass is 10.0. The standard InChI is InChI=1S/C11H14F3N3O3S/c1-6-3-4-7(5-8(6)21(16,19)20)17-9(18)10(2,15)11(12,13)14/h3-5H,15H2,1-2H3,(H,17,18)(H2,16,19,20). The number of hydrogen-bond donors (Lipinski definition) is 3. The highest BCUT2D eigenvalue weighted by atomic mass is 32.2. The summed E-state index contributed by atoms with van der Waals surface area (Å²) in [5, 5.41) is 6.89. The average molecular weight is 325 g/mol. The number of nitrogens with two attached hydrogens (primary N) is 2. The number of nitrogens with one attached hydrogen (secondary N) is 1. The maximum Gasteiger partial charge on any atom is 0.415 e. The first-order valence-corrected chi connectivity index (χ1v) is 7.12. The van der Waals surface area contributed by atoms with Gasteiger partial charge in [-0.1, -0.05) is 6.07 Å². The Morgan fingerprint density at radius 1 is 1.29 bits per heavy atom. The van der Waals surface area contributed by atoms with Crippen molar-refractivity contribution in [1.29, 1.82) is 0 Å². The molecule has 0 radical (unpaired) electrons. The molecule has 6 nitrogen and oxygen atoms in total. The van der Waals surface area contributed by atoms with Crippen LogP contribution in [-0.4, -0.2) is 26.0 Å². The number of carbonyl (C=O) groups excluding carboxylic acids is 1. The minimum absolute atomic E-state index is 0.157. The summed E-state index contributed by atoms with van der Waals surface area (Å²) in [4.78, 5) is 11.3. The fourth-order valence-electron chi connectivity index (χ4n) is 1.37. The van der Waals surface area contributed by atoms with Crippen molar-refractivity contribution >= 4 is 21.6 Å². The van der Waals surface area contributed by atoms with E-state index in [2.05, 4.69) is 0 Å². The second kappa shape index (κ2) is 5.28. The molecule has 1 amide bonds. The molecule has 0 aliphatic rings. The van der Waals surface area contributed by atoms with E-state index >= 15 is 0 Å². The van der Waals surface area contributed by atoms with E-state index in [1.165, 1.54) is 19.1 Å². The Morgan fingerprint density at radius 2 is 1.81 bits per heavy atom. The predicted octanol–water partition coefficient (Wildman–Crippen LogP) is 0.861. The fourth-order valence-corrected chi connectivity index (χ4v) is 2.18. The fraction of sp³-hybridized carbons (Fsp3) is 0.364. The molecule has 0 fully saturated rings. The first-order valence-electron chi connectivity index (χ1n) is 5.57. The van der Waals surface area contributed by atoms with E-state index in [0.717, 1.165) is 6.07 Å². The number of amides is 1. The first-order chi connectivity index (χ1) is 9.26. The Kier molecular flexibility index (Phi) is 4.37. The highest BCUT2D eigenvalue weighted by Gasteiger charge is 2.54. The molecule has 0 aliphatic heterocycles. The number of rotatable bonds is 3. The summed E-state index contributed by atoms with van der Waals surface area (Å²) in [5.74, 6) is -1.51. The Hall–Kier alpha value is -1.65. The zero-order valence-electron chi connectivity index (χ0n) is 11.2. The summed E-state index contributed by atoms with van der Waals surface area (Å²) in [6, 6.07) is 3.51. The summed E-state index contributed by atoms with van der Waals surface area (Å²) in [5.41, 5.74) is 1.98. The largest absolute Gasteiger partial charge is 0.415 e. The molecule has 0 saturated carbocycles. The lowest BCUT2D eigenvalue weighted by Gasteiger charge is -2.26. The molecule has 1 atom stereocenters. The average Bonchev–Trinajstić information content (AvgIpc) is 2.28. The van der Waals surface area contributed by atoms with E-state index < -0.39 is 27.6 Å². The zero-order valence-corrected chi connectivity index (χ0v) is 12.0. The molecule has 0 heterocycles. The predicted molar refractivity (Wildman–Crippen MR) is 69.8 cm³/mol.